The van der Waals surface area contributed by atoms with Crippen LogP contribution in [-0.4, -0.2) is 18.1 Å². The van der Waals surface area contributed by atoms with Crippen LogP contribution in [0.5, 0.6) is 0 Å². The number of benzene rings is 1. The molecule has 106 valence electrons. The van der Waals surface area contributed by atoms with Gasteiger partial charge < -0.3 is 16.4 Å². The summed E-state index contributed by atoms with van der Waals surface area (Å²) in [5.74, 6) is 0.207. The number of nitrogens with two attached hydrogens (primary N) is 1. The van der Waals surface area contributed by atoms with Crippen molar-refractivity contribution < 1.29 is 4.79 Å². The molecule has 1 unspecified atom stereocenters. The Balaban J connectivity index is 2.78. The molecule has 0 aliphatic heterocycles. The minimum Gasteiger partial charge on any atom is -0.331 e. The summed E-state index contributed by atoms with van der Waals surface area (Å²) >= 11 is 11.8. The van der Waals surface area contributed by atoms with E-state index in [2.05, 4.69) is 10.6 Å². The molecule has 0 saturated heterocycles. The fourth-order valence-corrected chi connectivity index (χ4v) is 1.77. The van der Waals surface area contributed by atoms with Gasteiger partial charge >= 0.3 is 6.03 Å². The van der Waals surface area contributed by atoms with Crippen LogP contribution >= 0.6 is 23.2 Å². The largest absolute Gasteiger partial charge is 0.331 e. The van der Waals surface area contributed by atoms with Crippen LogP contribution in [0, 0.1) is 5.92 Å². The van der Waals surface area contributed by atoms with Gasteiger partial charge in [0.05, 0.1) is 16.2 Å². The Bertz CT molecular complexity index is 465. The van der Waals surface area contributed by atoms with E-state index in [0.29, 0.717) is 22.3 Å². The maximum absolute atomic E-state index is 12.0. The lowest BCUT2D eigenvalue weighted by Gasteiger charge is -2.33. The average molecular weight is 304 g/mol. The first kappa shape index (κ1) is 16.1. The summed E-state index contributed by atoms with van der Waals surface area (Å²) in [5, 5.41) is 6.47. The van der Waals surface area contributed by atoms with Crippen molar-refractivity contribution in [3.63, 3.8) is 0 Å². The Kier molecular flexibility index (Phi) is 5.47. The van der Waals surface area contributed by atoms with Gasteiger partial charge in [-0.15, -0.1) is 0 Å². The number of carbonyl (C=O) groups is 1. The van der Waals surface area contributed by atoms with Gasteiger partial charge in [-0.05, 0) is 31.0 Å². The van der Waals surface area contributed by atoms with Gasteiger partial charge in [0.15, 0.2) is 0 Å². The summed E-state index contributed by atoms with van der Waals surface area (Å²) in [4.78, 5) is 12.0. The molecule has 0 spiro atoms. The van der Waals surface area contributed by atoms with Gasteiger partial charge in [0.2, 0.25) is 0 Å². The number of amides is 2. The van der Waals surface area contributed by atoms with Crippen LogP contribution in [0.15, 0.2) is 18.2 Å². The van der Waals surface area contributed by atoms with E-state index in [0.717, 1.165) is 0 Å². The number of anilines is 1. The quantitative estimate of drug-likeness (QED) is 0.797. The summed E-state index contributed by atoms with van der Waals surface area (Å²) in [6.45, 7) is 6.25. The molecule has 0 aliphatic carbocycles. The maximum Gasteiger partial charge on any atom is 0.319 e. The highest BCUT2D eigenvalue weighted by Gasteiger charge is 2.28. The predicted octanol–water partition coefficient (Wildman–Crippen LogP) is 3.49. The van der Waals surface area contributed by atoms with Crippen LogP contribution in [0.3, 0.4) is 0 Å². The molecule has 4 nitrogen and oxygen atoms in total. The number of hydrogen-bond acceptors (Lipinski definition) is 2. The lowest BCUT2D eigenvalue weighted by atomic mass is 9.89. The summed E-state index contributed by atoms with van der Waals surface area (Å²) in [6, 6.07) is 4.53. The van der Waals surface area contributed by atoms with Crippen LogP contribution in [0.25, 0.3) is 0 Å². The molecule has 1 rings (SSSR count). The van der Waals surface area contributed by atoms with E-state index in [1.54, 1.807) is 18.2 Å². The smallest absolute Gasteiger partial charge is 0.319 e. The SMILES string of the molecule is CC(C)C(C)(CN)NC(=O)Nc1cc(Cl)ccc1Cl. The molecule has 0 fully saturated rings. The molecular formula is C13H19Cl2N3O. The number of nitrogens with one attached hydrogen (secondary N) is 2. The highest BCUT2D eigenvalue weighted by Crippen LogP contribution is 2.25. The zero-order valence-electron chi connectivity index (χ0n) is 11.3. The molecule has 1 aromatic carbocycles. The van der Waals surface area contributed by atoms with E-state index in [4.69, 9.17) is 28.9 Å². The minimum atomic E-state index is -0.477. The van der Waals surface area contributed by atoms with E-state index in [1.807, 2.05) is 20.8 Å². The van der Waals surface area contributed by atoms with Crippen molar-refractivity contribution >= 4 is 34.9 Å². The molecule has 0 bridgehead atoms. The molecule has 6 heteroatoms. The Labute approximate surface area is 123 Å². The lowest BCUT2D eigenvalue weighted by molar-refractivity contribution is 0.225. The Hall–Kier alpha value is -0.970. The first-order valence-corrected chi connectivity index (χ1v) is 6.78. The lowest BCUT2D eigenvalue weighted by Crippen LogP contribution is -2.56. The normalized spacial score (nSPS) is 14.1. The summed E-state index contributed by atoms with van der Waals surface area (Å²) in [6.07, 6.45) is 0. The third-order valence-electron chi connectivity index (χ3n) is 3.27. The van der Waals surface area contributed by atoms with E-state index < -0.39 is 5.54 Å². The summed E-state index contributed by atoms with van der Waals surface area (Å²) in [7, 11) is 0. The number of hydrogen-bond donors (Lipinski definition) is 3. The van der Waals surface area contributed by atoms with Crippen LogP contribution in [-0.2, 0) is 0 Å². The van der Waals surface area contributed by atoms with Crippen molar-refractivity contribution in [3.8, 4) is 0 Å². The van der Waals surface area contributed by atoms with Crippen LogP contribution in [0.1, 0.15) is 20.8 Å². The van der Waals surface area contributed by atoms with Gasteiger partial charge in [0, 0.05) is 11.6 Å². The second kappa shape index (κ2) is 6.46. The molecule has 0 aromatic heterocycles. The minimum absolute atomic E-state index is 0.207. The molecule has 4 N–H and O–H groups in total. The Morgan fingerprint density at radius 3 is 2.58 bits per heavy atom. The van der Waals surface area contributed by atoms with Gasteiger partial charge in [0.1, 0.15) is 0 Å². The second-order valence-electron chi connectivity index (χ2n) is 4.98. The Morgan fingerprint density at radius 2 is 2.05 bits per heavy atom. The maximum atomic E-state index is 12.0. The first-order chi connectivity index (χ1) is 8.78. The molecule has 19 heavy (non-hydrogen) atoms. The number of rotatable bonds is 4. The molecule has 0 aliphatic rings. The van der Waals surface area contributed by atoms with Gasteiger partial charge in [-0.25, -0.2) is 4.79 Å². The average Bonchev–Trinajstić information content (AvgIpc) is 2.33. The zero-order valence-corrected chi connectivity index (χ0v) is 12.8. The second-order valence-corrected chi connectivity index (χ2v) is 5.82. The van der Waals surface area contributed by atoms with Crippen molar-refractivity contribution in [1.82, 2.24) is 5.32 Å². The fourth-order valence-electron chi connectivity index (χ4n) is 1.44. The van der Waals surface area contributed by atoms with Gasteiger partial charge in [-0.3, -0.25) is 0 Å². The van der Waals surface area contributed by atoms with E-state index in [9.17, 15) is 4.79 Å². The molecule has 2 amide bonds. The van der Waals surface area contributed by atoms with Crippen molar-refractivity contribution in [2.24, 2.45) is 11.7 Å². The summed E-state index contributed by atoms with van der Waals surface area (Å²) in [5.41, 5.74) is 5.70. The zero-order chi connectivity index (χ0) is 14.6. The molecule has 0 heterocycles. The van der Waals surface area contributed by atoms with Crippen LogP contribution in [0.4, 0.5) is 10.5 Å². The highest BCUT2D eigenvalue weighted by molar-refractivity contribution is 6.35. The number of halogens is 2. The Morgan fingerprint density at radius 1 is 1.42 bits per heavy atom. The highest BCUT2D eigenvalue weighted by atomic mass is 35.5. The third kappa shape index (κ3) is 4.27. The molecule has 0 saturated carbocycles. The van der Waals surface area contributed by atoms with Crippen molar-refractivity contribution in [1.29, 1.82) is 0 Å². The molecule has 0 radical (unpaired) electrons. The predicted molar refractivity (Wildman–Crippen MR) is 80.9 cm³/mol. The summed E-state index contributed by atoms with van der Waals surface area (Å²) < 4.78 is 0. The van der Waals surface area contributed by atoms with E-state index >= 15 is 0 Å². The van der Waals surface area contributed by atoms with Crippen molar-refractivity contribution in [2.75, 3.05) is 11.9 Å². The molecule has 1 atom stereocenters. The van der Waals surface area contributed by atoms with Crippen LogP contribution in [0.2, 0.25) is 10.0 Å². The number of carbonyl (C=O) groups excluding carboxylic acids is 1. The van der Waals surface area contributed by atoms with E-state index in [-0.39, 0.29) is 11.9 Å². The standard InChI is InChI=1S/C13H19Cl2N3O/c1-8(2)13(3,7-16)18-12(19)17-11-6-9(14)4-5-10(11)15/h4-6,8H,7,16H2,1-3H3,(H2,17,18,19). The first-order valence-electron chi connectivity index (χ1n) is 6.03. The van der Waals surface area contributed by atoms with Crippen molar-refractivity contribution in [2.45, 2.75) is 26.3 Å². The van der Waals surface area contributed by atoms with Crippen molar-refractivity contribution in [3.05, 3.63) is 28.2 Å². The molecule has 1 aromatic rings. The van der Waals surface area contributed by atoms with Gasteiger partial charge in [0.25, 0.3) is 0 Å². The molecular weight excluding hydrogens is 285 g/mol. The fraction of sp³-hybridized carbons (Fsp3) is 0.462. The van der Waals surface area contributed by atoms with Gasteiger partial charge in [-0.2, -0.15) is 0 Å². The third-order valence-corrected chi connectivity index (χ3v) is 3.84. The monoisotopic (exact) mass is 303 g/mol. The number of urea groups is 1. The topological polar surface area (TPSA) is 67.1 Å². The van der Waals surface area contributed by atoms with Crippen LogP contribution < -0.4 is 16.4 Å². The van der Waals surface area contributed by atoms with E-state index in [1.165, 1.54) is 0 Å². The van der Waals surface area contributed by atoms with Gasteiger partial charge in [-0.1, -0.05) is 37.0 Å².